The molecule has 0 saturated heterocycles. The van der Waals surface area contributed by atoms with Crippen molar-refractivity contribution >= 4 is 49.8 Å². The highest BCUT2D eigenvalue weighted by atomic mass is 35.5. The van der Waals surface area contributed by atoms with Gasteiger partial charge in [-0.25, -0.2) is 18.4 Å². The number of carbonyl (C=O) groups excluding carboxylic acids is 1. The van der Waals surface area contributed by atoms with Crippen molar-refractivity contribution in [2.45, 2.75) is 36.0 Å². The van der Waals surface area contributed by atoms with E-state index in [0.29, 0.717) is 12.2 Å². The number of hydrogen-bond acceptors (Lipinski definition) is 8. The highest BCUT2D eigenvalue weighted by Crippen LogP contribution is 2.55. The van der Waals surface area contributed by atoms with Gasteiger partial charge in [-0.15, -0.1) is 0 Å². The van der Waals surface area contributed by atoms with Crippen LogP contribution in [-0.4, -0.2) is 68.5 Å². The first-order chi connectivity index (χ1) is 20.1. The summed E-state index contributed by atoms with van der Waals surface area (Å²) in [6.07, 6.45) is 8.03. The fraction of sp³-hybridized carbons (Fsp3) is 0.333. The summed E-state index contributed by atoms with van der Waals surface area (Å²) in [6, 6.07) is 10.4. The number of nitrogens with zero attached hydrogens (tertiary/aromatic N) is 5. The number of likely N-dealkylation sites (N-methyl/N-ethyl adjacent to an activating group) is 1. The van der Waals surface area contributed by atoms with Crippen molar-refractivity contribution in [3.8, 4) is 17.0 Å². The van der Waals surface area contributed by atoms with Crippen LogP contribution in [0.4, 0.5) is 11.4 Å². The van der Waals surface area contributed by atoms with E-state index >= 15 is 0 Å². The first-order valence-electron chi connectivity index (χ1n) is 13.7. The van der Waals surface area contributed by atoms with E-state index in [0.717, 1.165) is 59.9 Å². The van der Waals surface area contributed by atoms with Crippen molar-refractivity contribution in [3.63, 3.8) is 0 Å². The molecule has 0 atom stereocenters. The number of carbonyl (C=O) groups is 1. The second-order valence-electron chi connectivity index (χ2n) is 11.1. The van der Waals surface area contributed by atoms with E-state index in [9.17, 15) is 13.2 Å². The van der Waals surface area contributed by atoms with Gasteiger partial charge in [-0.2, -0.15) is 0 Å². The summed E-state index contributed by atoms with van der Waals surface area (Å²) in [6.45, 7) is 1.17. The van der Waals surface area contributed by atoms with E-state index in [1.54, 1.807) is 30.4 Å². The summed E-state index contributed by atoms with van der Waals surface area (Å²) in [5.74, 6) is 0.293. The summed E-state index contributed by atoms with van der Waals surface area (Å²) in [7, 11) is 1.74. The number of ether oxygens (including phenoxy) is 1. The maximum absolute atomic E-state index is 13.3. The van der Waals surface area contributed by atoms with Crippen molar-refractivity contribution in [2.75, 3.05) is 43.9 Å². The van der Waals surface area contributed by atoms with Crippen molar-refractivity contribution in [1.29, 1.82) is 0 Å². The first kappa shape index (κ1) is 28.3. The molecule has 0 radical (unpaired) electrons. The van der Waals surface area contributed by atoms with E-state index in [1.807, 2.05) is 37.2 Å². The summed E-state index contributed by atoms with van der Waals surface area (Å²) < 4.78 is 35.1. The SMILES string of the molecule is CN(C)CCCOc1ncc(-c2ccc3ncc4c(c3c2)C2(CCC2)C(=O)N4C)cc1NS(=O)(=O)c1ccc(Cl)nc1. The third-order valence-electron chi connectivity index (χ3n) is 8.04. The molecule has 0 bridgehead atoms. The molecule has 6 rings (SSSR count). The lowest BCUT2D eigenvalue weighted by Gasteiger charge is -2.37. The normalized spacial score (nSPS) is 15.7. The molecular formula is C30H31ClN6O4S. The van der Waals surface area contributed by atoms with Gasteiger partial charge in [0.25, 0.3) is 10.0 Å². The van der Waals surface area contributed by atoms with Gasteiger partial charge in [0.05, 0.1) is 29.4 Å². The number of anilines is 2. The average molecular weight is 607 g/mol. The molecule has 1 saturated carbocycles. The molecule has 10 nitrogen and oxygen atoms in total. The standard InChI is InChI=1S/C30H31ClN6O4S/c1-36(2)12-5-13-41-28-24(35-42(39,40)21-7-9-26(31)33-17-21)15-20(16-34-28)19-6-8-23-22(14-19)27-25(18-32-23)37(3)29(38)30(27)10-4-11-30/h6-9,14-18,35H,4-5,10-13H2,1-3H3. The monoisotopic (exact) mass is 606 g/mol. The number of aromatic nitrogens is 3. The molecule has 12 heteroatoms. The van der Waals surface area contributed by atoms with Gasteiger partial charge in [-0.1, -0.05) is 24.1 Å². The van der Waals surface area contributed by atoms with Crippen molar-refractivity contribution in [1.82, 2.24) is 19.9 Å². The Morgan fingerprint density at radius 2 is 1.86 bits per heavy atom. The highest BCUT2D eigenvalue weighted by molar-refractivity contribution is 7.92. The van der Waals surface area contributed by atoms with Crippen LogP contribution in [0.3, 0.4) is 0 Å². The Hall–Kier alpha value is -3.80. The Morgan fingerprint density at radius 3 is 2.55 bits per heavy atom. The van der Waals surface area contributed by atoms with Crippen molar-refractivity contribution < 1.29 is 17.9 Å². The smallest absolute Gasteiger partial charge is 0.263 e. The van der Waals surface area contributed by atoms with Crippen LogP contribution in [0, 0.1) is 0 Å². The summed E-state index contributed by atoms with van der Waals surface area (Å²) >= 11 is 5.87. The number of hydrogen-bond donors (Lipinski definition) is 1. The number of pyridine rings is 3. The zero-order valence-corrected chi connectivity index (χ0v) is 25.2. The molecule has 1 N–H and O–H groups in total. The third kappa shape index (κ3) is 4.95. The second kappa shape index (κ2) is 10.8. The van der Waals surface area contributed by atoms with E-state index in [1.165, 1.54) is 18.3 Å². The van der Waals surface area contributed by atoms with Gasteiger partial charge in [0.15, 0.2) is 0 Å². The van der Waals surface area contributed by atoms with Gasteiger partial charge in [0, 0.05) is 42.5 Å². The van der Waals surface area contributed by atoms with Crippen LogP contribution in [0.15, 0.2) is 59.9 Å². The highest BCUT2D eigenvalue weighted by Gasteiger charge is 2.54. The van der Waals surface area contributed by atoms with E-state index in [4.69, 9.17) is 16.3 Å². The third-order valence-corrected chi connectivity index (χ3v) is 9.61. The van der Waals surface area contributed by atoms with Crippen LogP contribution < -0.4 is 14.4 Å². The predicted octanol–water partition coefficient (Wildman–Crippen LogP) is 4.87. The predicted molar refractivity (Wildman–Crippen MR) is 163 cm³/mol. The molecule has 2 aliphatic rings. The van der Waals surface area contributed by atoms with E-state index in [-0.39, 0.29) is 27.5 Å². The van der Waals surface area contributed by atoms with Crippen LogP contribution in [0.5, 0.6) is 5.88 Å². The molecule has 1 aliphatic heterocycles. The lowest BCUT2D eigenvalue weighted by molar-refractivity contribution is -0.125. The molecule has 1 spiro atoms. The van der Waals surface area contributed by atoms with Gasteiger partial charge in [0.1, 0.15) is 15.7 Å². The number of nitrogens with one attached hydrogen (secondary N) is 1. The fourth-order valence-electron chi connectivity index (χ4n) is 5.72. The topological polar surface area (TPSA) is 118 Å². The number of amides is 1. The fourth-order valence-corrected chi connectivity index (χ4v) is 6.83. The van der Waals surface area contributed by atoms with Crippen LogP contribution in [-0.2, 0) is 20.2 Å². The lowest BCUT2D eigenvalue weighted by Crippen LogP contribution is -2.43. The summed E-state index contributed by atoms with van der Waals surface area (Å²) in [4.78, 5) is 30.0. The molecule has 1 aliphatic carbocycles. The molecule has 218 valence electrons. The Morgan fingerprint density at radius 1 is 1.05 bits per heavy atom. The van der Waals surface area contributed by atoms with E-state index < -0.39 is 15.4 Å². The van der Waals surface area contributed by atoms with Crippen molar-refractivity contribution in [3.05, 3.63) is 65.7 Å². The number of rotatable bonds is 9. The molecule has 1 amide bonds. The molecule has 3 aromatic heterocycles. The number of benzene rings is 1. The minimum Gasteiger partial charge on any atom is -0.476 e. The van der Waals surface area contributed by atoms with Gasteiger partial charge < -0.3 is 14.5 Å². The second-order valence-corrected chi connectivity index (χ2v) is 13.1. The van der Waals surface area contributed by atoms with Gasteiger partial charge in [-0.05, 0) is 69.3 Å². The largest absolute Gasteiger partial charge is 0.476 e. The summed E-state index contributed by atoms with van der Waals surface area (Å²) in [5.41, 5.74) is 3.87. The van der Waals surface area contributed by atoms with Crippen LogP contribution in [0.2, 0.25) is 5.15 Å². The summed E-state index contributed by atoms with van der Waals surface area (Å²) in [5, 5.41) is 1.11. The van der Waals surface area contributed by atoms with Crippen LogP contribution in [0.25, 0.3) is 22.0 Å². The molecule has 42 heavy (non-hydrogen) atoms. The van der Waals surface area contributed by atoms with Crippen molar-refractivity contribution in [2.24, 2.45) is 0 Å². The Labute approximate surface area is 249 Å². The van der Waals surface area contributed by atoms with Crippen LogP contribution >= 0.6 is 11.6 Å². The number of fused-ring (bicyclic) bond motifs is 4. The Bertz CT molecular complexity index is 1790. The molecular weight excluding hydrogens is 576 g/mol. The van der Waals surface area contributed by atoms with E-state index in [2.05, 4.69) is 19.7 Å². The van der Waals surface area contributed by atoms with Gasteiger partial charge >= 0.3 is 0 Å². The molecule has 1 fully saturated rings. The molecule has 1 aromatic carbocycles. The average Bonchev–Trinajstić information content (AvgIpc) is 3.18. The number of halogens is 1. The zero-order valence-electron chi connectivity index (χ0n) is 23.6. The minimum atomic E-state index is -4.01. The number of sulfonamides is 1. The zero-order chi connectivity index (χ0) is 29.6. The van der Waals surface area contributed by atoms with Gasteiger partial charge in [-0.3, -0.25) is 14.5 Å². The maximum Gasteiger partial charge on any atom is 0.263 e. The minimum absolute atomic E-state index is 0.0391. The van der Waals surface area contributed by atoms with Gasteiger partial charge in [0.2, 0.25) is 11.8 Å². The first-order valence-corrected chi connectivity index (χ1v) is 15.6. The maximum atomic E-state index is 13.3. The lowest BCUT2D eigenvalue weighted by atomic mass is 9.64. The quantitative estimate of drug-likeness (QED) is 0.212. The molecule has 0 unspecified atom stereocenters. The molecule has 4 heterocycles. The van der Waals surface area contributed by atoms with Crippen LogP contribution in [0.1, 0.15) is 31.2 Å². The Balaban J connectivity index is 1.40. The molecule has 4 aromatic rings. The Kier molecular flexibility index (Phi) is 7.28.